The number of benzene rings is 1. The fraction of sp³-hybridized carbons (Fsp3) is 0.400. The minimum atomic E-state index is 0.415. The minimum Gasteiger partial charge on any atom is -0.486 e. The van der Waals surface area contributed by atoms with Crippen LogP contribution in [0, 0.1) is 0 Å². The van der Waals surface area contributed by atoms with Gasteiger partial charge in [-0.2, -0.15) is 5.10 Å². The van der Waals surface area contributed by atoms with Crippen molar-refractivity contribution in [1.82, 2.24) is 19.7 Å². The van der Waals surface area contributed by atoms with Crippen LogP contribution in [0.25, 0.3) is 11.3 Å². The Balaban J connectivity index is 1.44. The first-order valence-electron chi connectivity index (χ1n) is 9.34. The summed E-state index contributed by atoms with van der Waals surface area (Å²) in [6, 6.07) is 6.51. The summed E-state index contributed by atoms with van der Waals surface area (Å²) >= 11 is 1.75. The van der Waals surface area contributed by atoms with Crippen LogP contribution < -0.4 is 9.47 Å². The van der Waals surface area contributed by atoms with E-state index in [9.17, 15) is 0 Å². The lowest BCUT2D eigenvalue weighted by atomic mass is 10.1. The SMILES string of the molecule is Cn1cc(CN2CCC[C@H]2c2nccs2)c(-c2ccc3c(c2)OCCO3)n1. The first-order chi connectivity index (χ1) is 13.3. The molecule has 3 aromatic rings. The summed E-state index contributed by atoms with van der Waals surface area (Å²) in [6.07, 6.45) is 6.42. The first-order valence-corrected chi connectivity index (χ1v) is 10.2. The molecule has 1 atom stereocenters. The van der Waals surface area contributed by atoms with Gasteiger partial charge in [0, 0.05) is 42.5 Å². The Labute approximate surface area is 162 Å². The molecule has 0 aliphatic carbocycles. The van der Waals surface area contributed by atoms with Crippen molar-refractivity contribution in [3.8, 4) is 22.8 Å². The fourth-order valence-electron chi connectivity index (χ4n) is 4.00. The van der Waals surface area contributed by atoms with Crippen LogP contribution in [0.3, 0.4) is 0 Å². The number of likely N-dealkylation sites (tertiary alicyclic amines) is 1. The number of aryl methyl sites for hydroxylation is 1. The average Bonchev–Trinajstić information content (AvgIpc) is 3.42. The highest BCUT2D eigenvalue weighted by Gasteiger charge is 2.29. The highest BCUT2D eigenvalue weighted by atomic mass is 32.1. The van der Waals surface area contributed by atoms with Crippen molar-refractivity contribution in [3.63, 3.8) is 0 Å². The van der Waals surface area contributed by atoms with E-state index in [1.54, 1.807) is 11.3 Å². The number of nitrogens with zero attached hydrogens (tertiary/aromatic N) is 4. The maximum absolute atomic E-state index is 5.75. The monoisotopic (exact) mass is 382 g/mol. The quantitative estimate of drug-likeness (QED) is 0.689. The summed E-state index contributed by atoms with van der Waals surface area (Å²) in [6.45, 7) is 3.17. The Morgan fingerprint density at radius 3 is 2.96 bits per heavy atom. The van der Waals surface area contributed by atoms with Gasteiger partial charge in [-0.3, -0.25) is 9.58 Å². The highest BCUT2D eigenvalue weighted by molar-refractivity contribution is 7.09. The molecule has 0 spiro atoms. The van der Waals surface area contributed by atoms with Gasteiger partial charge >= 0.3 is 0 Å². The van der Waals surface area contributed by atoms with E-state index in [4.69, 9.17) is 14.6 Å². The van der Waals surface area contributed by atoms with Crippen LogP contribution >= 0.6 is 11.3 Å². The van der Waals surface area contributed by atoms with E-state index in [-0.39, 0.29) is 0 Å². The highest BCUT2D eigenvalue weighted by Crippen LogP contribution is 2.38. The van der Waals surface area contributed by atoms with Gasteiger partial charge in [-0.25, -0.2) is 4.98 Å². The third kappa shape index (κ3) is 3.21. The van der Waals surface area contributed by atoms with Crippen molar-refractivity contribution in [3.05, 3.63) is 46.5 Å². The van der Waals surface area contributed by atoms with Crippen LogP contribution in [-0.4, -0.2) is 39.4 Å². The van der Waals surface area contributed by atoms with Gasteiger partial charge in [-0.05, 0) is 37.6 Å². The van der Waals surface area contributed by atoms with Crippen molar-refractivity contribution < 1.29 is 9.47 Å². The lowest BCUT2D eigenvalue weighted by molar-refractivity contribution is 0.171. The van der Waals surface area contributed by atoms with Crippen LogP contribution in [0.4, 0.5) is 0 Å². The molecule has 2 aliphatic rings. The number of aromatic nitrogens is 3. The van der Waals surface area contributed by atoms with E-state index < -0.39 is 0 Å². The van der Waals surface area contributed by atoms with E-state index in [1.807, 2.05) is 30.1 Å². The van der Waals surface area contributed by atoms with Gasteiger partial charge in [0.05, 0.1) is 11.7 Å². The van der Waals surface area contributed by atoms with Gasteiger partial charge in [-0.15, -0.1) is 11.3 Å². The Kier molecular flexibility index (Phi) is 4.33. The molecule has 7 heteroatoms. The second-order valence-electron chi connectivity index (χ2n) is 7.03. The van der Waals surface area contributed by atoms with E-state index in [1.165, 1.54) is 23.4 Å². The maximum atomic E-state index is 5.75. The number of fused-ring (bicyclic) bond motifs is 1. The van der Waals surface area contributed by atoms with Crippen molar-refractivity contribution in [2.45, 2.75) is 25.4 Å². The average molecular weight is 382 g/mol. The standard InChI is InChI=1S/C20H22N4O2S/c1-23-12-15(13-24-7-2-3-16(24)20-21-6-10-27-20)19(22-23)14-4-5-17-18(11-14)26-9-8-25-17/h4-6,10-12,16H,2-3,7-9,13H2,1H3/t16-/m0/s1. The minimum absolute atomic E-state index is 0.415. The Morgan fingerprint density at radius 1 is 1.22 bits per heavy atom. The second-order valence-corrected chi connectivity index (χ2v) is 7.96. The predicted octanol–water partition coefficient (Wildman–Crippen LogP) is 3.65. The summed E-state index contributed by atoms with van der Waals surface area (Å²) in [5, 5.41) is 8.03. The zero-order chi connectivity index (χ0) is 18.2. The molecule has 2 aliphatic heterocycles. The van der Waals surface area contributed by atoms with Gasteiger partial charge in [0.2, 0.25) is 0 Å². The molecular formula is C20H22N4O2S. The largest absolute Gasteiger partial charge is 0.486 e. The summed E-state index contributed by atoms with van der Waals surface area (Å²) in [7, 11) is 1.98. The molecule has 5 rings (SSSR count). The number of ether oxygens (including phenoxy) is 2. The topological polar surface area (TPSA) is 52.4 Å². The molecule has 0 amide bonds. The first kappa shape index (κ1) is 16.8. The van der Waals surface area contributed by atoms with Crippen LogP contribution in [0.15, 0.2) is 36.0 Å². The normalized spacial score (nSPS) is 19.5. The number of hydrogen-bond donors (Lipinski definition) is 0. The zero-order valence-electron chi connectivity index (χ0n) is 15.3. The molecule has 0 N–H and O–H groups in total. The van der Waals surface area contributed by atoms with E-state index in [0.29, 0.717) is 19.3 Å². The molecule has 1 aromatic carbocycles. The molecule has 27 heavy (non-hydrogen) atoms. The molecule has 2 aromatic heterocycles. The molecule has 4 heterocycles. The number of hydrogen-bond acceptors (Lipinski definition) is 6. The van der Waals surface area contributed by atoms with Gasteiger partial charge < -0.3 is 9.47 Å². The van der Waals surface area contributed by atoms with Gasteiger partial charge in [0.25, 0.3) is 0 Å². The van der Waals surface area contributed by atoms with Crippen molar-refractivity contribution >= 4 is 11.3 Å². The molecule has 0 radical (unpaired) electrons. The smallest absolute Gasteiger partial charge is 0.162 e. The Hall–Kier alpha value is -2.38. The van der Waals surface area contributed by atoms with Crippen LogP contribution in [0.5, 0.6) is 11.5 Å². The third-order valence-corrected chi connectivity index (χ3v) is 6.07. The van der Waals surface area contributed by atoms with Crippen molar-refractivity contribution in [2.24, 2.45) is 7.05 Å². The summed E-state index contributed by atoms with van der Waals surface area (Å²) in [5.41, 5.74) is 3.32. The molecule has 0 bridgehead atoms. The van der Waals surface area contributed by atoms with Gasteiger partial charge in [0.1, 0.15) is 18.2 Å². The molecule has 140 valence electrons. The molecule has 6 nitrogen and oxygen atoms in total. The van der Waals surface area contributed by atoms with Gasteiger partial charge in [-0.1, -0.05) is 0 Å². The second kappa shape index (κ2) is 6.98. The molecular weight excluding hydrogens is 360 g/mol. The Morgan fingerprint density at radius 2 is 2.11 bits per heavy atom. The molecule has 1 fully saturated rings. The fourth-order valence-corrected chi connectivity index (χ4v) is 4.81. The lowest BCUT2D eigenvalue weighted by Gasteiger charge is -2.23. The van der Waals surface area contributed by atoms with Crippen molar-refractivity contribution in [2.75, 3.05) is 19.8 Å². The third-order valence-electron chi connectivity index (χ3n) is 5.19. The molecule has 0 saturated carbocycles. The summed E-state index contributed by atoms with van der Waals surface area (Å²) in [5.74, 6) is 1.61. The van der Waals surface area contributed by atoms with E-state index in [0.717, 1.165) is 35.8 Å². The predicted molar refractivity (Wildman–Crippen MR) is 104 cm³/mol. The van der Waals surface area contributed by atoms with Crippen LogP contribution in [0.2, 0.25) is 0 Å². The van der Waals surface area contributed by atoms with Gasteiger partial charge in [0.15, 0.2) is 11.5 Å². The molecule has 1 saturated heterocycles. The van der Waals surface area contributed by atoms with Crippen LogP contribution in [0.1, 0.15) is 29.5 Å². The van der Waals surface area contributed by atoms with E-state index in [2.05, 4.69) is 27.5 Å². The number of rotatable bonds is 4. The lowest BCUT2D eigenvalue weighted by Crippen LogP contribution is -2.22. The van der Waals surface area contributed by atoms with E-state index >= 15 is 0 Å². The van der Waals surface area contributed by atoms with Crippen molar-refractivity contribution in [1.29, 1.82) is 0 Å². The maximum Gasteiger partial charge on any atom is 0.162 e. The summed E-state index contributed by atoms with van der Waals surface area (Å²) < 4.78 is 13.3. The van der Waals surface area contributed by atoms with Crippen LogP contribution in [-0.2, 0) is 13.6 Å². The number of thiazole rings is 1. The summed E-state index contributed by atoms with van der Waals surface area (Å²) in [4.78, 5) is 7.07. The Bertz CT molecular complexity index is 938. The zero-order valence-corrected chi connectivity index (χ0v) is 16.1. The molecule has 0 unspecified atom stereocenters.